The number of amides is 1. The third kappa shape index (κ3) is 3.87. The second-order valence-electron chi connectivity index (χ2n) is 6.20. The fourth-order valence-electron chi connectivity index (χ4n) is 2.97. The zero-order chi connectivity index (χ0) is 18.0. The monoisotopic (exact) mass is 400 g/mol. The van der Waals surface area contributed by atoms with E-state index in [4.69, 9.17) is 4.42 Å². The van der Waals surface area contributed by atoms with Gasteiger partial charge < -0.3 is 14.3 Å². The number of halogens is 1. The van der Waals surface area contributed by atoms with E-state index in [1.54, 1.807) is 6.26 Å². The van der Waals surface area contributed by atoms with Gasteiger partial charge in [-0.3, -0.25) is 4.79 Å². The maximum atomic E-state index is 12.7. The van der Waals surface area contributed by atoms with Crippen LogP contribution in [-0.4, -0.2) is 10.5 Å². The number of furan rings is 1. The fourth-order valence-corrected chi connectivity index (χ4v) is 3.38. The van der Waals surface area contributed by atoms with E-state index in [1.807, 2.05) is 63.2 Å². The molecule has 0 fully saturated rings. The summed E-state index contributed by atoms with van der Waals surface area (Å²) in [4.78, 5) is 12.7. The van der Waals surface area contributed by atoms with Gasteiger partial charge in [0, 0.05) is 15.9 Å². The zero-order valence-electron chi connectivity index (χ0n) is 14.5. The Labute approximate surface area is 156 Å². The number of carbonyl (C=O) groups is 1. The van der Waals surface area contributed by atoms with E-state index in [-0.39, 0.29) is 11.9 Å². The second-order valence-corrected chi connectivity index (χ2v) is 7.12. The Morgan fingerprint density at radius 3 is 2.72 bits per heavy atom. The first-order valence-electron chi connectivity index (χ1n) is 8.21. The molecule has 0 radical (unpaired) electrons. The number of nitrogens with one attached hydrogen (secondary N) is 1. The van der Waals surface area contributed by atoms with E-state index in [2.05, 4.69) is 25.8 Å². The van der Waals surface area contributed by atoms with Crippen LogP contribution in [0.5, 0.6) is 0 Å². The van der Waals surface area contributed by atoms with Crippen LogP contribution in [0.3, 0.4) is 0 Å². The number of hydrogen-bond acceptors (Lipinski definition) is 2. The van der Waals surface area contributed by atoms with Crippen LogP contribution in [0.25, 0.3) is 0 Å². The van der Waals surface area contributed by atoms with Gasteiger partial charge in [-0.25, -0.2) is 0 Å². The number of hydrogen-bond donors (Lipinski definition) is 1. The molecule has 0 aliphatic carbocycles. The lowest BCUT2D eigenvalue weighted by atomic mass is 10.1. The third-order valence-corrected chi connectivity index (χ3v) is 4.90. The summed E-state index contributed by atoms with van der Waals surface area (Å²) in [5.74, 6) is 0.808. The number of rotatable bonds is 5. The van der Waals surface area contributed by atoms with Crippen LogP contribution in [0.15, 0.2) is 57.6 Å². The summed E-state index contributed by atoms with van der Waals surface area (Å²) < 4.78 is 8.52. The molecule has 3 aromatic rings. The first-order valence-corrected chi connectivity index (χ1v) is 9.00. The molecule has 5 heteroatoms. The molecule has 2 heterocycles. The van der Waals surface area contributed by atoms with Crippen molar-refractivity contribution in [3.05, 3.63) is 81.5 Å². The predicted octanol–water partition coefficient (Wildman–Crippen LogP) is 5.00. The van der Waals surface area contributed by atoms with E-state index in [9.17, 15) is 4.79 Å². The summed E-state index contributed by atoms with van der Waals surface area (Å²) in [7, 11) is 0. The Morgan fingerprint density at radius 2 is 2.04 bits per heavy atom. The van der Waals surface area contributed by atoms with Gasteiger partial charge in [-0.05, 0) is 56.7 Å². The van der Waals surface area contributed by atoms with Crippen molar-refractivity contribution < 1.29 is 9.21 Å². The van der Waals surface area contributed by atoms with Gasteiger partial charge in [0.1, 0.15) is 5.76 Å². The van der Waals surface area contributed by atoms with Gasteiger partial charge in [0.15, 0.2) is 0 Å². The molecule has 25 heavy (non-hydrogen) atoms. The Kier molecular flexibility index (Phi) is 5.13. The van der Waals surface area contributed by atoms with Crippen LogP contribution >= 0.6 is 15.9 Å². The quantitative estimate of drug-likeness (QED) is 0.654. The lowest BCUT2D eigenvalue weighted by Crippen LogP contribution is -2.27. The molecular formula is C20H21BrN2O2. The molecule has 0 unspecified atom stereocenters. The Balaban J connectivity index is 1.78. The third-order valence-electron chi connectivity index (χ3n) is 4.41. The molecule has 1 amide bonds. The number of benzene rings is 1. The molecule has 0 saturated heterocycles. The van der Waals surface area contributed by atoms with Crippen LogP contribution in [0.1, 0.15) is 46.0 Å². The molecular weight excluding hydrogens is 380 g/mol. The molecule has 130 valence electrons. The first-order chi connectivity index (χ1) is 12.0. The molecule has 0 aliphatic rings. The van der Waals surface area contributed by atoms with E-state index in [0.29, 0.717) is 12.1 Å². The Bertz CT molecular complexity index is 881. The van der Waals surface area contributed by atoms with Gasteiger partial charge in [0.25, 0.3) is 5.91 Å². The van der Waals surface area contributed by atoms with Crippen molar-refractivity contribution in [3.63, 3.8) is 0 Å². The zero-order valence-corrected chi connectivity index (χ0v) is 16.1. The highest BCUT2D eigenvalue weighted by Gasteiger charge is 2.18. The summed E-state index contributed by atoms with van der Waals surface area (Å²) >= 11 is 3.47. The first kappa shape index (κ1) is 17.5. The van der Waals surface area contributed by atoms with Crippen LogP contribution in [-0.2, 0) is 6.54 Å². The molecule has 0 aliphatic heterocycles. The summed E-state index contributed by atoms with van der Waals surface area (Å²) in [6.07, 6.45) is 1.66. The van der Waals surface area contributed by atoms with Crippen LogP contribution in [0, 0.1) is 13.8 Å². The van der Waals surface area contributed by atoms with Crippen LogP contribution < -0.4 is 5.32 Å². The van der Waals surface area contributed by atoms with Crippen molar-refractivity contribution in [1.29, 1.82) is 0 Å². The van der Waals surface area contributed by atoms with Crippen molar-refractivity contribution in [2.45, 2.75) is 33.4 Å². The van der Waals surface area contributed by atoms with Crippen molar-refractivity contribution in [1.82, 2.24) is 9.88 Å². The summed E-state index contributed by atoms with van der Waals surface area (Å²) in [5, 5.41) is 3.08. The van der Waals surface area contributed by atoms with E-state index in [1.165, 1.54) is 0 Å². The SMILES string of the molecule is Cc1cc(C(=O)N[C@H](C)c2cccc(Br)c2)c(C)n1Cc1ccco1. The van der Waals surface area contributed by atoms with E-state index in [0.717, 1.165) is 27.2 Å². The van der Waals surface area contributed by atoms with E-state index >= 15 is 0 Å². The van der Waals surface area contributed by atoms with E-state index < -0.39 is 0 Å². The predicted molar refractivity (Wildman–Crippen MR) is 102 cm³/mol. The van der Waals surface area contributed by atoms with Crippen molar-refractivity contribution in [2.24, 2.45) is 0 Å². The highest BCUT2D eigenvalue weighted by atomic mass is 79.9. The maximum absolute atomic E-state index is 12.7. The fraction of sp³-hybridized carbons (Fsp3) is 0.250. The molecule has 0 bridgehead atoms. The van der Waals surface area contributed by atoms with Gasteiger partial charge in [0.05, 0.1) is 24.4 Å². The molecule has 0 saturated carbocycles. The highest BCUT2D eigenvalue weighted by Crippen LogP contribution is 2.21. The Hall–Kier alpha value is -2.27. The van der Waals surface area contributed by atoms with Gasteiger partial charge in [0.2, 0.25) is 0 Å². The van der Waals surface area contributed by atoms with Gasteiger partial charge in [-0.2, -0.15) is 0 Å². The highest BCUT2D eigenvalue weighted by molar-refractivity contribution is 9.10. The van der Waals surface area contributed by atoms with Crippen molar-refractivity contribution >= 4 is 21.8 Å². The number of carbonyl (C=O) groups excluding carboxylic acids is 1. The molecule has 3 rings (SSSR count). The van der Waals surface area contributed by atoms with Crippen molar-refractivity contribution in [2.75, 3.05) is 0 Å². The van der Waals surface area contributed by atoms with Crippen LogP contribution in [0.2, 0.25) is 0 Å². The summed E-state index contributed by atoms with van der Waals surface area (Å²) in [5.41, 5.74) is 3.74. The minimum atomic E-state index is -0.0712. The molecule has 2 aromatic heterocycles. The van der Waals surface area contributed by atoms with Gasteiger partial charge in [-0.1, -0.05) is 28.1 Å². The largest absolute Gasteiger partial charge is 0.467 e. The van der Waals surface area contributed by atoms with Gasteiger partial charge >= 0.3 is 0 Å². The molecule has 1 N–H and O–H groups in total. The molecule has 1 aromatic carbocycles. The number of nitrogens with zero attached hydrogens (tertiary/aromatic N) is 1. The molecule has 1 atom stereocenters. The number of aromatic nitrogens is 1. The van der Waals surface area contributed by atoms with Crippen molar-refractivity contribution in [3.8, 4) is 0 Å². The Morgan fingerprint density at radius 1 is 1.24 bits per heavy atom. The lowest BCUT2D eigenvalue weighted by Gasteiger charge is -2.15. The normalized spacial score (nSPS) is 12.2. The lowest BCUT2D eigenvalue weighted by molar-refractivity contribution is 0.0939. The topological polar surface area (TPSA) is 47.2 Å². The second kappa shape index (κ2) is 7.31. The minimum Gasteiger partial charge on any atom is -0.467 e. The van der Waals surface area contributed by atoms with Crippen LogP contribution in [0.4, 0.5) is 0 Å². The average Bonchev–Trinajstić information content (AvgIpc) is 3.18. The average molecular weight is 401 g/mol. The molecule has 0 spiro atoms. The smallest absolute Gasteiger partial charge is 0.253 e. The summed E-state index contributed by atoms with van der Waals surface area (Å²) in [6.45, 7) is 6.58. The molecule has 4 nitrogen and oxygen atoms in total. The minimum absolute atomic E-state index is 0.0636. The summed E-state index contributed by atoms with van der Waals surface area (Å²) in [6, 6.07) is 13.6. The number of aryl methyl sites for hydroxylation is 1. The van der Waals surface area contributed by atoms with Gasteiger partial charge in [-0.15, -0.1) is 0 Å². The maximum Gasteiger partial charge on any atom is 0.253 e. The standard InChI is InChI=1S/C20H21BrN2O2/c1-13-10-19(15(3)23(13)12-18-8-5-9-25-18)20(24)22-14(2)16-6-4-7-17(21)11-16/h4-11,14H,12H2,1-3H3,(H,22,24)/t14-/m1/s1.